The highest BCUT2D eigenvalue weighted by Crippen LogP contribution is 2.27. The van der Waals surface area contributed by atoms with Crippen molar-refractivity contribution < 1.29 is 4.74 Å². The van der Waals surface area contributed by atoms with Crippen LogP contribution < -0.4 is 15.9 Å². The predicted molar refractivity (Wildman–Crippen MR) is 72.5 cm³/mol. The summed E-state index contributed by atoms with van der Waals surface area (Å²) in [5.74, 6) is 0.721. The van der Waals surface area contributed by atoms with E-state index < -0.39 is 0 Å². The number of aromatic nitrogens is 1. The van der Waals surface area contributed by atoms with Crippen molar-refractivity contribution in [2.24, 2.45) is 0 Å². The lowest BCUT2D eigenvalue weighted by atomic mass is 10.2. The molecular weight excluding hydrogens is 228 g/mol. The summed E-state index contributed by atoms with van der Waals surface area (Å²) in [5.41, 5.74) is 9.02. The van der Waals surface area contributed by atoms with E-state index in [0.29, 0.717) is 5.69 Å². The molecule has 1 aromatic carbocycles. The van der Waals surface area contributed by atoms with Crippen LogP contribution in [0.5, 0.6) is 5.75 Å². The van der Waals surface area contributed by atoms with Gasteiger partial charge in [-0.15, -0.1) is 0 Å². The predicted octanol–water partition coefficient (Wildman–Crippen LogP) is 2.05. The Morgan fingerprint density at radius 1 is 1.11 bits per heavy atom. The second-order valence-electron chi connectivity index (χ2n) is 4.24. The number of methoxy groups -OCH3 is 1. The van der Waals surface area contributed by atoms with Crippen LogP contribution in [0.25, 0.3) is 5.69 Å². The van der Waals surface area contributed by atoms with Crippen LogP contribution in [0.2, 0.25) is 0 Å². The van der Waals surface area contributed by atoms with Crippen molar-refractivity contribution in [1.82, 2.24) is 4.57 Å². The minimum Gasteiger partial charge on any atom is -0.495 e. The van der Waals surface area contributed by atoms with Gasteiger partial charge in [0.1, 0.15) is 5.75 Å². The lowest BCUT2D eigenvalue weighted by Crippen LogP contribution is -2.12. The van der Waals surface area contributed by atoms with Gasteiger partial charge in [-0.1, -0.05) is 0 Å². The standard InChI is InChI=1S/C14H16N2O2/c1-9-6-12(17)7-10(2)16(9)13-8-11(15)4-5-14(13)18-3/h4-8H,15H2,1-3H3. The SMILES string of the molecule is COc1ccc(N)cc1-n1c(C)cc(=O)cc1C. The third-order valence-electron chi connectivity index (χ3n) is 2.85. The number of pyridine rings is 1. The van der Waals surface area contributed by atoms with Crippen LogP contribution in [0.4, 0.5) is 5.69 Å². The lowest BCUT2D eigenvalue weighted by molar-refractivity contribution is 0.412. The van der Waals surface area contributed by atoms with E-state index >= 15 is 0 Å². The van der Waals surface area contributed by atoms with E-state index in [1.807, 2.05) is 30.5 Å². The van der Waals surface area contributed by atoms with Crippen LogP contribution in [0.15, 0.2) is 35.1 Å². The van der Waals surface area contributed by atoms with E-state index in [-0.39, 0.29) is 5.43 Å². The van der Waals surface area contributed by atoms with Gasteiger partial charge in [-0.3, -0.25) is 4.79 Å². The van der Waals surface area contributed by atoms with Crippen LogP contribution in [0, 0.1) is 13.8 Å². The average molecular weight is 244 g/mol. The molecule has 1 aromatic heterocycles. The second kappa shape index (κ2) is 4.56. The largest absolute Gasteiger partial charge is 0.495 e. The number of nitrogens with two attached hydrogens (primary N) is 1. The van der Waals surface area contributed by atoms with Gasteiger partial charge in [-0.05, 0) is 32.0 Å². The number of anilines is 1. The third-order valence-corrected chi connectivity index (χ3v) is 2.85. The zero-order valence-electron chi connectivity index (χ0n) is 10.7. The highest BCUT2D eigenvalue weighted by Gasteiger charge is 2.09. The quantitative estimate of drug-likeness (QED) is 0.822. The number of nitrogens with zero attached hydrogens (tertiary/aromatic N) is 1. The molecule has 4 heteroatoms. The van der Waals surface area contributed by atoms with Crippen LogP contribution in [0.1, 0.15) is 11.4 Å². The Labute approximate surface area is 106 Å². The number of rotatable bonds is 2. The first-order valence-corrected chi connectivity index (χ1v) is 5.67. The molecule has 1 heterocycles. The highest BCUT2D eigenvalue weighted by molar-refractivity contribution is 5.57. The molecule has 0 bridgehead atoms. The fraction of sp³-hybridized carbons (Fsp3) is 0.214. The Kier molecular flexibility index (Phi) is 3.10. The minimum absolute atomic E-state index is 0.00381. The molecule has 0 fully saturated rings. The molecule has 2 rings (SSSR count). The summed E-state index contributed by atoms with van der Waals surface area (Å²) in [6.07, 6.45) is 0. The van der Waals surface area contributed by atoms with E-state index in [1.165, 1.54) is 0 Å². The van der Waals surface area contributed by atoms with Crippen molar-refractivity contribution in [2.45, 2.75) is 13.8 Å². The molecule has 0 saturated heterocycles. The normalized spacial score (nSPS) is 10.4. The van der Waals surface area contributed by atoms with Gasteiger partial charge in [0, 0.05) is 29.2 Å². The summed E-state index contributed by atoms with van der Waals surface area (Å²) in [6, 6.07) is 8.63. The Morgan fingerprint density at radius 2 is 1.72 bits per heavy atom. The molecule has 0 unspecified atom stereocenters. The molecule has 0 atom stereocenters. The Balaban J connectivity index is 2.76. The van der Waals surface area contributed by atoms with Crippen molar-refractivity contribution in [3.63, 3.8) is 0 Å². The van der Waals surface area contributed by atoms with Crippen LogP contribution in [-0.2, 0) is 0 Å². The van der Waals surface area contributed by atoms with Gasteiger partial charge in [-0.25, -0.2) is 0 Å². The van der Waals surface area contributed by atoms with Gasteiger partial charge in [-0.2, -0.15) is 0 Å². The molecule has 0 spiro atoms. The monoisotopic (exact) mass is 244 g/mol. The molecule has 0 radical (unpaired) electrons. The van der Waals surface area contributed by atoms with Gasteiger partial charge in [0.15, 0.2) is 5.43 Å². The molecule has 0 aliphatic rings. The first kappa shape index (κ1) is 12.2. The van der Waals surface area contributed by atoms with Gasteiger partial charge >= 0.3 is 0 Å². The average Bonchev–Trinajstić information content (AvgIpc) is 2.28. The van der Waals surface area contributed by atoms with Gasteiger partial charge < -0.3 is 15.0 Å². The first-order chi connectivity index (χ1) is 8.52. The molecule has 0 saturated carbocycles. The van der Waals surface area contributed by atoms with Gasteiger partial charge in [0.25, 0.3) is 0 Å². The van der Waals surface area contributed by atoms with Crippen molar-refractivity contribution in [2.75, 3.05) is 12.8 Å². The summed E-state index contributed by atoms with van der Waals surface area (Å²) in [6.45, 7) is 3.77. The fourth-order valence-corrected chi connectivity index (χ4v) is 2.12. The number of hydrogen-bond acceptors (Lipinski definition) is 3. The smallest absolute Gasteiger partial charge is 0.182 e. The molecular formula is C14H16N2O2. The van der Waals surface area contributed by atoms with Crippen LogP contribution >= 0.6 is 0 Å². The second-order valence-corrected chi connectivity index (χ2v) is 4.24. The summed E-state index contributed by atoms with van der Waals surface area (Å²) in [7, 11) is 1.61. The van der Waals surface area contributed by atoms with Crippen LogP contribution in [-0.4, -0.2) is 11.7 Å². The van der Waals surface area contributed by atoms with E-state index in [9.17, 15) is 4.79 Å². The molecule has 2 aromatic rings. The zero-order valence-corrected chi connectivity index (χ0v) is 10.7. The summed E-state index contributed by atoms with van der Waals surface area (Å²) < 4.78 is 7.30. The molecule has 94 valence electrons. The molecule has 0 aliphatic carbocycles. The lowest BCUT2D eigenvalue weighted by Gasteiger charge is -2.17. The number of hydrogen-bond donors (Lipinski definition) is 1. The Bertz CT molecular complexity index is 618. The van der Waals surface area contributed by atoms with E-state index in [0.717, 1.165) is 22.8 Å². The zero-order chi connectivity index (χ0) is 13.3. The van der Waals surface area contributed by atoms with E-state index in [1.54, 1.807) is 25.3 Å². The summed E-state index contributed by atoms with van der Waals surface area (Å²) >= 11 is 0. The molecule has 0 amide bonds. The van der Waals surface area contributed by atoms with Gasteiger partial charge in [0.2, 0.25) is 0 Å². The fourth-order valence-electron chi connectivity index (χ4n) is 2.12. The van der Waals surface area contributed by atoms with Gasteiger partial charge in [0.05, 0.1) is 12.8 Å². The highest BCUT2D eigenvalue weighted by atomic mass is 16.5. The first-order valence-electron chi connectivity index (χ1n) is 5.67. The topological polar surface area (TPSA) is 57.2 Å². The Morgan fingerprint density at radius 3 is 2.28 bits per heavy atom. The maximum Gasteiger partial charge on any atom is 0.182 e. The number of ether oxygens (including phenoxy) is 1. The van der Waals surface area contributed by atoms with E-state index in [4.69, 9.17) is 10.5 Å². The maximum atomic E-state index is 11.4. The molecule has 2 N–H and O–H groups in total. The van der Waals surface area contributed by atoms with Crippen LogP contribution in [0.3, 0.4) is 0 Å². The van der Waals surface area contributed by atoms with Crippen molar-refractivity contribution >= 4 is 5.69 Å². The molecule has 0 aliphatic heterocycles. The summed E-state index contributed by atoms with van der Waals surface area (Å²) in [5, 5.41) is 0. The van der Waals surface area contributed by atoms with Crippen molar-refractivity contribution in [3.05, 3.63) is 51.9 Å². The number of aryl methyl sites for hydroxylation is 2. The molecule has 18 heavy (non-hydrogen) atoms. The number of benzene rings is 1. The molecule has 4 nitrogen and oxygen atoms in total. The number of nitrogen functional groups attached to an aromatic ring is 1. The Hall–Kier alpha value is -2.23. The minimum atomic E-state index is 0.00381. The van der Waals surface area contributed by atoms with Crippen molar-refractivity contribution in [1.29, 1.82) is 0 Å². The third kappa shape index (κ3) is 2.09. The van der Waals surface area contributed by atoms with Crippen molar-refractivity contribution in [3.8, 4) is 11.4 Å². The maximum absolute atomic E-state index is 11.4. The van der Waals surface area contributed by atoms with E-state index in [2.05, 4.69) is 0 Å². The summed E-state index contributed by atoms with van der Waals surface area (Å²) in [4.78, 5) is 11.4.